The van der Waals surface area contributed by atoms with Crippen molar-refractivity contribution in [3.05, 3.63) is 83.4 Å². The van der Waals surface area contributed by atoms with E-state index in [-0.39, 0.29) is 39.8 Å². The summed E-state index contributed by atoms with van der Waals surface area (Å²) in [5.41, 5.74) is 0.935. The summed E-state index contributed by atoms with van der Waals surface area (Å²) in [7, 11) is 0. The first-order valence-electron chi connectivity index (χ1n) is 6.57. The summed E-state index contributed by atoms with van der Waals surface area (Å²) >= 11 is 0. The van der Waals surface area contributed by atoms with Crippen molar-refractivity contribution >= 4 is 11.6 Å². The van der Waals surface area contributed by atoms with Gasteiger partial charge in [-0.1, -0.05) is 61.1 Å². The molecule has 22 heavy (non-hydrogen) atoms. The molecule has 0 aromatic rings. The van der Waals surface area contributed by atoms with Crippen molar-refractivity contribution in [2.45, 2.75) is 13.8 Å². The van der Waals surface area contributed by atoms with Crippen LogP contribution in [-0.2, 0) is 9.59 Å². The summed E-state index contributed by atoms with van der Waals surface area (Å²) < 4.78 is 0. The summed E-state index contributed by atoms with van der Waals surface area (Å²) in [6.45, 7) is 10.1. The third kappa shape index (κ3) is 3.23. The highest BCUT2D eigenvalue weighted by molar-refractivity contribution is 6.20. The number of rotatable bonds is 3. The Balaban J connectivity index is 0.000000255. The van der Waals surface area contributed by atoms with E-state index in [1.807, 2.05) is 6.92 Å². The average molecular weight is 296 g/mol. The lowest BCUT2D eigenvalue weighted by atomic mass is 9.87. The number of ketones is 2. The molecule has 114 valence electrons. The maximum Gasteiger partial charge on any atom is 0.191 e. The highest BCUT2D eigenvalue weighted by atomic mass is 16.3. The maximum atomic E-state index is 11.3. The number of Topliss-reactive ketones (excluding diaryl/α,β-unsaturated/α-hetero) is 2. The van der Waals surface area contributed by atoms with Gasteiger partial charge in [-0.15, -0.1) is 0 Å². The van der Waals surface area contributed by atoms with Crippen LogP contribution in [0, 0.1) is 0 Å². The lowest BCUT2D eigenvalue weighted by Gasteiger charge is -2.28. The predicted octanol–water partition coefficient (Wildman–Crippen LogP) is 1.19. The molecule has 0 N–H and O–H groups in total. The average Bonchev–Trinajstić information content (AvgIpc) is 2.54. The van der Waals surface area contributed by atoms with Crippen molar-refractivity contribution < 1.29 is 19.8 Å². The highest BCUT2D eigenvalue weighted by Gasteiger charge is 2.23. The maximum absolute atomic E-state index is 11.3. The van der Waals surface area contributed by atoms with Gasteiger partial charge in [0, 0.05) is 16.7 Å². The summed E-state index contributed by atoms with van der Waals surface area (Å²) in [6.07, 6.45) is 9.59. The molecule has 0 heterocycles. The molecule has 0 saturated heterocycles. The molecule has 2 rings (SSSR count). The van der Waals surface area contributed by atoms with Crippen LogP contribution in [0.15, 0.2) is 83.4 Å². The van der Waals surface area contributed by atoms with E-state index in [0.29, 0.717) is 5.57 Å². The quantitative estimate of drug-likeness (QED) is 0.578. The SMILES string of the molecule is C=C1C(=O)C(C)=C1[O-].C=CC=CC1=C([O-])C(=CC=CC)C1=O. The fourth-order valence-electron chi connectivity index (χ4n) is 1.69. The molecule has 0 atom stereocenters. The minimum absolute atomic E-state index is 0.127. The second-order valence-corrected chi connectivity index (χ2v) is 4.53. The number of allylic oxidation sites excluding steroid dienone is 10. The lowest BCUT2D eigenvalue weighted by molar-refractivity contribution is -0.301. The largest absolute Gasteiger partial charge is 0.872 e. The molecule has 0 aliphatic heterocycles. The van der Waals surface area contributed by atoms with Gasteiger partial charge in [0.2, 0.25) is 0 Å². The smallest absolute Gasteiger partial charge is 0.191 e. The van der Waals surface area contributed by atoms with Crippen LogP contribution < -0.4 is 10.2 Å². The van der Waals surface area contributed by atoms with Gasteiger partial charge in [0.1, 0.15) is 0 Å². The van der Waals surface area contributed by atoms with E-state index in [2.05, 4.69) is 13.2 Å². The van der Waals surface area contributed by atoms with Crippen LogP contribution in [0.5, 0.6) is 0 Å². The molecular formula is C18H16O4-2. The van der Waals surface area contributed by atoms with Gasteiger partial charge in [0.25, 0.3) is 0 Å². The Morgan fingerprint density at radius 1 is 1.05 bits per heavy atom. The standard InChI is InChI=1S/C12H12O2.C6H6O2/c1-3-5-7-9-11(13)10(12(9)14)8-6-4-2;1-3-5(7)4(2)6(3)8/h3-8,13H,1H2,2H3;7H,1H2,2H3/p-2. The summed E-state index contributed by atoms with van der Waals surface area (Å²) in [4.78, 5) is 21.8. The Morgan fingerprint density at radius 3 is 2.05 bits per heavy atom. The first-order valence-corrected chi connectivity index (χ1v) is 6.57. The van der Waals surface area contributed by atoms with Crippen LogP contribution >= 0.6 is 0 Å². The molecule has 0 saturated carbocycles. The molecule has 4 heteroatoms. The third-order valence-corrected chi connectivity index (χ3v) is 3.06. The van der Waals surface area contributed by atoms with Crippen LogP contribution in [0.1, 0.15) is 13.8 Å². The van der Waals surface area contributed by atoms with Crippen LogP contribution in [0.4, 0.5) is 0 Å². The van der Waals surface area contributed by atoms with Crippen molar-refractivity contribution in [3.8, 4) is 0 Å². The fourth-order valence-corrected chi connectivity index (χ4v) is 1.69. The molecule has 0 spiro atoms. The van der Waals surface area contributed by atoms with E-state index in [9.17, 15) is 19.8 Å². The zero-order valence-electron chi connectivity index (χ0n) is 12.5. The van der Waals surface area contributed by atoms with Crippen molar-refractivity contribution in [2.75, 3.05) is 0 Å². The minimum Gasteiger partial charge on any atom is -0.872 e. The van der Waals surface area contributed by atoms with E-state index in [4.69, 9.17) is 0 Å². The normalized spacial score (nSPS) is 19.5. The van der Waals surface area contributed by atoms with E-state index in [1.54, 1.807) is 18.2 Å². The first-order chi connectivity index (χ1) is 10.4. The summed E-state index contributed by atoms with van der Waals surface area (Å²) in [6, 6.07) is 0. The molecule has 0 radical (unpaired) electrons. The van der Waals surface area contributed by atoms with Gasteiger partial charge in [-0.25, -0.2) is 0 Å². The molecule has 2 aliphatic carbocycles. The number of carbonyl (C=O) groups is 2. The summed E-state index contributed by atoms with van der Waals surface area (Å²) in [5.74, 6) is -0.748. The molecule has 0 amide bonds. The van der Waals surface area contributed by atoms with Gasteiger partial charge >= 0.3 is 0 Å². The molecule has 2 aliphatic rings. The van der Waals surface area contributed by atoms with Gasteiger partial charge in [0.05, 0.1) is 0 Å². The fraction of sp³-hybridized carbons (Fsp3) is 0.111. The molecule has 0 fully saturated rings. The van der Waals surface area contributed by atoms with Crippen LogP contribution in [-0.4, -0.2) is 11.6 Å². The Labute approximate surface area is 129 Å². The molecule has 0 aromatic carbocycles. The number of hydrogen-bond acceptors (Lipinski definition) is 4. The van der Waals surface area contributed by atoms with E-state index in [1.165, 1.54) is 25.2 Å². The van der Waals surface area contributed by atoms with Crippen molar-refractivity contribution in [1.29, 1.82) is 0 Å². The Morgan fingerprint density at radius 2 is 1.68 bits per heavy atom. The van der Waals surface area contributed by atoms with Gasteiger partial charge in [-0.3, -0.25) is 9.59 Å². The van der Waals surface area contributed by atoms with Crippen molar-refractivity contribution in [1.82, 2.24) is 0 Å². The molecule has 0 aromatic heterocycles. The van der Waals surface area contributed by atoms with Gasteiger partial charge in [-0.05, 0) is 19.4 Å². The predicted molar refractivity (Wildman–Crippen MR) is 81.1 cm³/mol. The second kappa shape index (κ2) is 7.22. The van der Waals surface area contributed by atoms with Gasteiger partial charge in [0.15, 0.2) is 11.6 Å². The molecule has 0 unspecified atom stereocenters. The van der Waals surface area contributed by atoms with E-state index >= 15 is 0 Å². The van der Waals surface area contributed by atoms with Gasteiger partial charge in [-0.2, -0.15) is 0 Å². The van der Waals surface area contributed by atoms with Crippen LogP contribution in [0.3, 0.4) is 0 Å². The second-order valence-electron chi connectivity index (χ2n) is 4.53. The molecule has 0 bridgehead atoms. The van der Waals surface area contributed by atoms with Crippen LogP contribution in [0.2, 0.25) is 0 Å². The Bertz CT molecular complexity index is 673. The van der Waals surface area contributed by atoms with Crippen molar-refractivity contribution in [2.24, 2.45) is 0 Å². The molecule has 4 nitrogen and oxygen atoms in total. The Hall–Kier alpha value is -2.88. The Kier molecular flexibility index (Phi) is 5.64. The molecular weight excluding hydrogens is 280 g/mol. The zero-order chi connectivity index (χ0) is 16.9. The number of carbonyl (C=O) groups excluding carboxylic acids is 2. The lowest BCUT2D eigenvalue weighted by Crippen LogP contribution is -2.28. The zero-order valence-corrected chi connectivity index (χ0v) is 12.5. The highest BCUT2D eigenvalue weighted by Crippen LogP contribution is 2.27. The van der Waals surface area contributed by atoms with E-state index < -0.39 is 0 Å². The first kappa shape index (κ1) is 17.2. The minimum atomic E-state index is -0.189. The van der Waals surface area contributed by atoms with Gasteiger partial charge < -0.3 is 10.2 Å². The van der Waals surface area contributed by atoms with E-state index in [0.717, 1.165) is 0 Å². The van der Waals surface area contributed by atoms with Crippen LogP contribution in [0.25, 0.3) is 0 Å². The number of hydrogen-bond donors (Lipinski definition) is 0. The topological polar surface area (TPSA) is 80.3 Å². The third-order valence-electron chi connectivity index (χ3n) is 3.06. The monoisotopic (exact) mass is 296 g/mol. The summed E-state index contributed by atoms with van der Waals surface area (Å²) in [5, 5.41) is 21.8. The van der Waals surface area contributed by atoms with Crippen molar-refractivity contribution in [3.63, 3.8) is 0 Å².